The summed E-state index contributed by atoms with van der Waals surface area (Å²) in [7, 11) is 0. The third kappa shape index (κ3) is 2.53. The fourth-order valence-corrected chi connectivity index (χ4v) is 11.6. The van der Waals surface area contributed by atoms with E-state index in [1.54, 1.807) is 0 Å². The van der Waals surface area contributed by atoms with Crippen molar-refractivity contribution in [3.63, 3.8) is 0 Å². The summed E-state index contributed by atoms with van der Waals surface area (Å²) in [5, 5.41) is 11.3. The van der Waals surface area contributed by atoms with E-state index in [0.29, 0.717) is 39.9 Å². The first kappa shape index (κ1) is 22.1. The number of ether oxygens (including phenoxy) is 3. The van der Waals surface area contributed by atoms with Crippen LogP contribution >= 0.6 is 0 Å². The fraction of sp³-hybridized carbons (Fsp3) is 1.00. The minimum Gasteiger partial charge on any atom is -0.390 e. The van der Waals surface area contributed by atoms with Gasteiger partial charge in [-0.15, -0.1) is 0 Å². The van der Waals surface area contributed by atoms with Crippen LogP contribution in [-0.2, 0) is 14.2 Å². The Morgan fingerprint density at radius 2 is 1.61 bits per heavy atom. The average Bonchev–Trinajstić information content (AvgIpc) is 3.61. The van der Waals surface area contributed by atoms with Gasteiger partial charge in [0, 0.05) is 11.8 Å². The Morgan fingerprint density at radius 1 is 0.848 bits per heavy atom. The van der Waals surface area contributed by atoms with Crippen LogP contribution in [-0.4, -0.2) is 42.4 Å². The zero-order valence-electron chi connectivity index (χ0n) is 21.5. The van der Waals surface area contributed by atoms with E-state index in [4.69, 9.17) is 14.2 Å². The molecule has 5 saturated carbocycles. The molecule has 0 unspecified atom stereocenters. The van der Waals surface area contributed by atoms with E-state index in [1.165, 1.54) is 44.9 Å². The molecule has 0 amide bonds. The van der Waals surface area contributed by atoms with Crippen LogP contribution in [0.5, 0.6) is 0 Å². The number of aliphatic hydroxyl groups excluding tert-OH is 1. The molecule has 4 heteroatoms. The number of fused-ring (bicyclic) bond motifs is 4. The van der Waals surface area contributed by atoms with E-state index < -0.39 is 0 Å². The molecule has 4 nitrogen and oxygen atoms in total. The highest BCUT2D eigenvalue weighted by molar-refractivity contribution is 5.29. The maximum absolute atomic E-state index is 11.3. The van der Waals surface area contributed by atoms with E-state index in [9.17, 15) is 5.11 Å². The molecular weight excluding hydrogens is 412 g/mol. The van der Waals surface area contributed by atoms with Crippen molar-refractivity contribution in [1.82, 2.24) is 0 Å². The summed E-state index contributed by atoms with van der Waals surface area (Å²) in [6.07, 6.45) is 10.5. The highest BCUT2D eigenvalue weighted by Crippen LogP contribution is 2.85. The minimum absolute atomic E-state index is 0.0567. The summed E-state index contributed by atoms with van der Waals surface area (Å²) in [6.45, 7) is 13.5. The van der Waals surface area contributed by atoms with Crippen molar-refractivity contribution in [2.75, 3.05) is 13.2 Å². The summed E-state index contributed by atoms with van der Waals surface area (Å²) >= 11 is 0. The Kier molecular flexibility index (Phi) is 4.53. The molecule has 7 rings (SSSR count). The van der Waals surface area contributed by atoms with Crippen molar-refractivity contribution in [1.29, 1.82) is 0 Å². The van der Waals surface area contributed by atoms with E-state index >= 15 is 0 Å². The second kappa shape index (κ2) is 6.78. The molecule has 7 fully saturated rings. The summed E-state index contributed by atoms with van der Waals surface area (Å²) in [5.74, 6) is 4.24. The van der Waals surface area contributed by atoms with Crippen LogP contribution in [0, 0.1) is 57.7 Å². The van der Waals surface area contributed by atoms with Crippen LogP contribution in [0.15, 0.2) is 0 Å². The molecule has 2 saturated heterocycles. The van der Waals surface area contributed by atoms with E-state index in [2.05, 4.69) is 34.6 Å². The van der Waals surface area contributed by atoms with Gasteiger partial charge < -0.3 is 19.3 Å². The largest absolute Gasteiger partial charge is 0.390 e. The van der Waals surface area contributed by atoms with Gasteiger partial charge in [0.05, 0.1) is 25.4 Å². The smallest absolute Gasteiger partial charge is 0.175 e. The van der Waals surface area contributed by atoms with E-state index in [-0.39, 0.29) is 24.1 Å². The van der Waals surface area contributed by atoms with Gasteiger partial charge in [0.1, 0.15) is 6.10 Å². The molecule has 0 radical (unpaired) electrons. The molecular formula is C29H46O4. The van der Waals surface area contributed by atoms with Gasteiger partial charge in [0.15, 0.2) is 5.79 Å². The summed E-state index contributed by atoms with van der Waals surface area (Å²) < 4.78 is 19.2. The molecule has 2 heterocycles. The Bertz CT molecular complexity index is 820. The van der Waals surface area contributed by atoms with Crippen LogP contribution < -0.4 is 0 Å². The van der Waals surface area contributed by atoms with Gasteiger partial charge >= 0.3 is 0 Å². The number of epoxide rings is 1. The van der Waals surface area contributed by atoms with Gasteiger partial charge in [-0.25, -0.2) is 0 Å². The maximum Gasteiger partial charge on any atom is 0.175 e. The molecule has 186 valence electrons. The van der Waals surface area contributed by atoms with Crippen LogP contribution in [0.4, 0.5) is 0 Å². The third-order valence-electron chi connectivity index (χ3n) is 13.1. The fourth-order valence-electron chi connectivity index (χ4n) is 11.6. The second-order valence-corrected chi connectivity index (χ2v) is 14.2. The van der Waals surface area contributed by atoms with Gasteiger partial charge in [-0.3, -0.25) is 0 Å². The third-order valence-corrected chi connectivity index (χ3v) is 13.1. The number of aliphatic hydroxyl groups is 1. The molecule has 12 atom stereocenters. The molecule has 0 aromatic rings. The van der Waals surface area contributed by atoms with Crippen molar-refractivity contribution in [2.45, 2.75) is 110 Å². The number of hydrogen-bond donors (Lipinski definition) is 1. The zero-order chi connectivity index (χ0) is 23.0. The minimum atomic E-state index is -0.322. The SMILES string of the molecule is CC(C)[C@@H]1O[C@@H]1[C@H](O)[C@@H](C)[C@H]1CC[C@H]2[C@@H]3CC4(OCCO4)[C@]45C[C@@H]4CC[C@]5(C)[C@H]3CC[C@]12C. The summed E-state index contributed by atoms with van der Waals surface area (Å²) in [6, 6.07) is 0. The predicted molar refractivity (Wildman–Crippen MR) is 126 cm³/mol. The lowest BCUT2D eigenvalue weighted by Gasteiger charge is -2.63. The van der Waals surface area contributed by atoms with Crippen LogP contribution in [0.25, 0.3) is 0 Å². The van der Waals surface area contributed by atoms with Crippen molar-refractivity contribution < 1.29 is 19.3 Å². The average molecular weight is 459 g/mol. The van der Waals surface area contributed by atoms with Crippen molar-refractivity contribution >= 4 is 0 Å². The standard InChI is InChI=1S/C29H46O4/c1-16(2)24-25(33-24)23(30)17(3)20-6-7-21-19-15-29(31-12-13-32-29)28-14-18(28)8-11-27(28,5)22(19)9-10-26(20,21)4/h16-25,30H,6-15H2,1-5H3/t17-,18-,19-,20+,21-,22-,23+,24-,25+,26+,27+,28+/m0/s1. The van der Waals surface area contributed by atoms with Gasteiger partial charge in [-0.2, -0.15) is 0 Å². The van der Waals surface area contributed by atoms with Gasteiger partial charge in [0.2, 0.25) is 0 Å². The normalized spacial score (nSPS) is 57.4. The monoisotopic (exact) mass is 458 g/mol. The lowest BCUT2D eigenvalue weighted by molar-refractivity contribution is -0.294. The molecule has 0 aromatic carbocycles. The molecule has 1 N–H and O–H groups in total. The molecule has 2 aliphatic heterocycles. The molecule has 7 aliphatic rings. The first-order chi connectivity index (χ1) is 15.7. The molecule has 5 aliphatic carbocycles. The molecule has 0 aromatic heterocycles. The highest BCUT2D eigenvalue weighted by atomic mass is 16.7. The predicted octanol–water partition coefficient (Wildman–Crippen LogP) is 5.42. The molecule has 33 heavy (non-hydrogen) atoms. The first-order valence-corrected chi connectivity index (χ1v) is 14.3. The molecule has 2 spiro atoms. The molecule has 0 bridgehead atoms. The van der Waals surface area contributed by atoms with Gasteiger partial charge in [0.25, 0.3) is 0 Å². The Labute approximate surface area is 200 Å². The first-order valence-electron chi connectivity index (χ1n) is 14.3. The maximum atomic E-state index is 11.3. The van der Waals surface area contributed by atoms with Crippen molar-refractivity contribution in [3.8, 4) is 0 Å². The highest BCUT2D eigenvalue weighted by Gasteiger charge is 2.83. The number of hydrogen-bond acceptors (Lipinski definition) is 4. The quantitative estimate of drug-likeness (QED) is 0.572. The zero-order valence-corrected chi connectivity index (χ0v) is 21.5. The number of rotatable bonds is 4. The van der Waals surface area contributed by atoms with Gasteiger partial charge in [-0.1, -0.05) is 34.6 Å². The lowest BCUT2D eigenvalue weighted by Crippen LogP contribution is -2.62. The topological polar surface area (TPSA) is 51.2 Å². The van der Waals surface area contributed by atoms with E-state index in [1.807, 2.05) is 0 Å². The Hall–Kier alpha value is -0.160. The summed E-state index contributed by atoms with van der Waals surface area (Å²) in [4.78, 5) is 0. The lowest BCUT2D eigenvalue weighted by atomic mass is 9.44. The van der Waals surface area contributed by atoms with Crippen molar-refractivity contribution in [2.24, 2.45) is 57.7 Å². The van der Waals surface area contributed by atoms with Crippen LogP contribution in [0.1, 0.15) is 86.0 Å². The second-order valence-electron chi connectivity index (χ2n) is 14.2. The summed E-state index contributed by atoms with van der Waals surface area (Å²) in [5.41, 5.74) is 1.02. The van der Waals surface area contributed by atoms with Crippen LogP contribution in [0.2, 0.25) is 0 Å². The van der Waals surface area contributed by atoms with Gasteiger partial charge in [-0.05, 0) is 97.2 Å². The van der Waals surface area contributed by atoms with E-state index in [0.717, 1.165) is 37.4 Å². The van der Waals surface area contributed by atoms with Crippen LogP contribution in [0.3, 0.4) is 0 Å². The van der Waals surface area contributed by atoms with Crippen molar-refractivity contribution in [3.05, 3.63) is 0 Å². The Balaban J connectivity index is 1.18. The Morgan fingerprint density at radius 3 is 2.27 bits per heavy atom.